The number of alkyl halides is 1. The molecule has 3 aliphatic heterocycles. The highest BCUT2D eigenvalue weighted by molar-refractivity contribution is 9.09. The molecule has 1 spiro atoms. The van der Waals surface area contributed by atoms with Crippen molar-refractivity contribution in [3.05, 3.63) is 54.1 Å². The molecule has 8 nitrogen and oxygen atoms in total. The average molecular weight is 638 g/mol. The highest BCUT2D eigenvalue weighted by atomic mass is 79.9. The van der Waals surface area contributed by atoms with Crippen molar-refractivity contribution in [1.82, 2.24) is 4.90 Å². The van der Waals surface area contributed by atoms with E-state index in [1.807, 2.05) is 32.9 Å². The van der Waals surface area contributed by atoms with Gasteiger partial charge in [-0.3, -0.25) is 14.4 Å². The first-order chi connectivity index (χ1) is 19.1. The fourth-order valence-electron chi connectivity index (χ4n) is 6.66. The number of anilines is 1. The second-order valence-electron chi connectivity index (χ2n) is 10.9. The largest absolute Gasteiger partial charge is 0.465 e. The van der Waals surface area contributed by atoms with E-state index in [1.165, 1.54) is 9.80 Å². The van der Waals surface area contributed by atoms with Crippen LogP contribution in [0.5, 0.6) is 0 Å². The number of para-hydroxylation sites is 1. The van der Waals surface area contributed by atoms with Gasteiger partial charge in [-0.05, 0) is 37.3 Å². The number of aliphatic hydroxyl groups is 1. The molecule has 3 aliphatic rings. The number of rotatable bonds is 12. The van der Waals surface area contributed by atoms with Crippen molar-refractivity contribution in [1.29, 1.82) is 0 Å². The van der Waals surface area contributed by atoms with Crippen molar-refractivity contribution in [3.63, 3.8) is 0 Å². The molecule has 1 aromatic carbocycles. The number of benzene rings is 1. The smallest absolute Gasteiger partial charge is 0.312 e. The maximum atomic E-state index is 14.8. The molecular formula is C30H38BrClN2O6. The van der Waals surface area contributed by atoms with Crippen LogP contribution in [-0.2, 0) is 23.9 Å². The summed E-state index contributed by atoms with van der Waals surface area (Å²) < 4.78 is 12.1. The van der Waals surface area contributed by atoms with E-state index >= 15 is 0 Å². The number of carbonyl (C=O) groups excluding carboxylic acids is 3. The Morgan fingerprint density at radius 2 is 2.10 bits per heavy atom. The predicted octanol–water partition coefficient (Wildman–Crippen LogP) is 4.44. The molecule has 3 fully saturated rings. The Hall–Kier alpha value is -2.20. The number of halogens is 2. The number of hydrogen-bond donors (Lipinski definition) is 1. The third kappa shape index (κ3) is 4.93. The highest BCUT2D eigenvalue weighted by Gasteiger charge is 2.77. The zero-order valence-electron chi connectivity index (χ0n) is 23.2. The van der Waals surface area contributed by atoms with Crippen molar-refractivity contribution in [2.45, 2.75) is 68.6 Å². The summed E-state index contributed by atoms with van der Waals surface area (Å²) in [6, 6.07) is 3.63. The second kappa shape index (κ2) is 12.3. The predicted molar refractivity (Wildman–Crippen MR) is 157 cm³/mol. The first-order valence-electron chi connectivity index (χ1n) is 13.8. The number of esters is 1. The van der Waals surface area contributed by atoms with Gasteiger partial charge in [0, 0.05) is 11.4 Å². The van der Waals surface area contributed by atoms with Gasteiger partial charge >= 0.3 is 5.97 Å². The van der Waals surface area contributed by atoms with Gasteiger partial charge in [-0.25, -0.2) is 0 Å². The van der Waals surface area contributed by atoms with Crippen molar-refractivity contribution in [2.24, 2.45) is 17.8 Å². The fraction of sp³-hybridized carbons (Fsp3) is 0.567. The van der Waals surface area contributed by atoms with E-state index in [4.69, 9.17) is 21.1 Å². The summed E-state index contributed by atoms with van der Waals surface area (Å²) in [7, 11) is 0. The van der Waals surface area contributed by atoms with Crippen LogP contribution in [0.1, 0.15) is 38.7 Å². The summed E-state index contributed by atoms with van der Waals surface area (Å²) in [5.74, 6) is -3.23. The quantitative estimate of drug-likeness (QED) is 0.158. The van der Waals surface area contributed by atoms with Crippen LogP contribution in [0.4, 0.5) is 5.69 Å². The van der Waals surface area contributed by atoms with Crippen molar-refractivity contribution >= 4 is 51.0 Å². The van der Waals surface area contributed by atoms with Crippen LogP contribution >= 0.6 is 27.5 Å². The van der Waals surface area contributed by atoms with Crippen molar-refractivity contribution in [3.8, 4) is 0 Å². The molecule has 2 bridgehead atoms. The van der Waals surface area contributed by atoms with Crippen LogP contribution in [0.2, 0.25) is 5.02 Å². The molecule has 40 heavy (non-hydrogen) atoms. The van der Waals surface area contributed by atoms with E-state index in [-0.39, 0.29) is 36.4 Å². The fourth-order valence-corrected chi connectivity index (χ4v) is 7.93. The van der Waals surface area contributed by atoms with Gasteiger partial charge in [0.15, 0.2) is 0 Å². The van der Waals surface area contributed by atoms with Gasteiger partial charge in [-0.1, -0.05) is 72.1 Å². The third-order valence-corrected chi connectivity index (χ3v) is 9.83. The zero-order chi connectivity index (χ0) is 29.4. The van der Waals surface area contributed by atoms with Crippen LogP contribution in [0.25, 0.3) is 0 Å². The average Bonchev–Trinajstić information content (AvgIpc) is 3.51. The minimum absolute atomic E-state index is 0.121. The minimum Gasteiger partial charge on any atom is -0.465 e. The van der Waals surface area contributed by atoms with E-state index in [1.54, 1.807) is 18.2 Å². The first-order valence-corrected chi connectivity index (χ1v) is 15.1. The lowest BCUT2D eigenvalue weighted by atomic mass is 9.70. The molecule has 0 aliphatic carbocycles. The lowest BCUT2D eigenvalue weighted by Crippen LogP contribution is -2.60. The molecule has 0 aromatic heterocycles. The molecule has 4 rings (SSSR count). The normalized spacial score (nSPS) is 30.1. The Morgan fingerprint density at radius 1 is 1.38 bits per heavy atom. The lowest BCUT2D eigenvalue weighted by Gasteiger charge is -2.41. The summed E-state index contributed by atoms with van der Waals surface area (Å²) in [5.41, 5.74) is 0.0191. The van der Waals surface area contributed by atoms with E-state index in [0.717, 1.165) is 5.56 Å². The Morgan fingerprint density at radius 3 is 2.70 bits per heavy atom. The van der Waals surface area contributed by atoms with E-state index in [0.29, 0.717) is 30.0 Å². The second-order valence-corrected chi connectivity index (χ2v) is 12.5. The van der Waals surface area contributed by atoms with E-state index < -0.39 is 47.5 Å². The first kappa shape index (κ1) is 30.8. The van der Waals surface area contributed by atoms with Crippen LogP contribution in [0.15, 0.2) is 43.5 Å². The highest BCUT2D eigenvalue weighted by Crippen LogP contribution is 2.61. The molecule has 10 heteroatoms. The van der Waals surface area contributed by atoms with Crippen molar-refractivity contribution < 1.29 is 29.0 Å². The van der Waals surface area contributed by atoms with Gasteiger partial charge in [0.1, 0.15) is 11.6 Å². The number of carbonyl (C=O) groups is 3. The maximum absolute atomic E-state index is 14.8. The molecule has 218 valence electrons. The van der Waals surface area contributed by atoms with Gasteiger partial charge in [0.25, 0.3) is 5.91 Å². The Bertz CT molecular complexity index is 1160. The number of hydrogen-bond acceptors (Lipinski definition) is 6. The molecule has 3 unspecified atom stereocenters. The van der Waals surface area contributed by atoms with E-state index in [9.17, 15) is 19.5 Å². The van der Waals surface area contributed by atoms with Gasteiger partial charge in [0.2, 0.25) is 5.91 Å². The van der Waals surface area contributed by atoms with Gasteiger partial charge < -0.3 is 24.4 Å². The summed E-state index contributed by atoms with van der Waals surface area (Å²) >= 11 is 10.3. The van der Waals surface area contributed by atoms with Crippen molar-refractivity contribution in [2.75, 3.05) is 24.7 Å². The zero-order valence-corrected chi connectivity index (χ0v) is 25.6. The van der Waals surface area contributed by atoms with Crippen LogP contribution < -0.4 is 4.90 Å². The lowest BCUT2D eigenvalue weighted by molar-refractivity contribution is -0.156. The van der Waals surface area contributed by atoms with Gasteiger partial charge in [-0.15, -0.1) is 13.2 Å². The monoisotopic (exact) mass is 636 g/mol. The standard InChI is InChI=1S/C30H38BrClN2O6/c1-6-9-14-39-29(38)22-23-27(36)34(21(16-35)17(4)8-3)26(30(23)15-19(31)25(22)40-30)28(37)33(13-7-2)24-18(5)11-10-12-20(24)32/h6-7,10-12,17,19,21-23,25-26,35H,1-2,8-9,13-16H2,3-5H3/t17-,19?,21-,22+,23-,25+,26?,30?/m0/s1. The molecule has 8 atom stereocenters. The molecule has 1 aromatic rings. The van der Waals surface area contributed by atoms with Crippen LogP contribution in [-0.4, -0.2) is 76.2 Å². The Labute approximate surface area is 249 Å². The van der Waals surface area contributed by atoms with Crippen LogP contribution in [0, 0.1) is 24.7 Å². The topological polar surface area (TPSA) is 96.4 Å². The SMILES string of the molecule is C=CCCOC(=O)[C@H]1[C@@H]2OC3(CC2Br)C(C(=O)N(CC=C)c2c(C)cccc2Cl)N([C@@H](CO)[C@@H](C)CC)C(=O)[C@H]13. The Balaban J connectivity index is 1.86. The number of aliphatic hydroxyl groups excluding tert-OH is 1. The van der Waals surface area contributed by atoms with Gasteiger partial charge in [0.05, 0.1) is 47.9 Å². The number of nitrogens with zero attached hydrogens (tertiary/aromatic N) is 2. The summed E-state index contributed by atoms with van der Waals surface area (Å²) in [6.45, 7) is 13.2. The molecule has 0 saturated carbocycles. The molecule has 0 radical (unpaired) electrons. The van der Waals surface area contributed by atoms with Gasteiger partial charge in [-0.2, -0.15) is 0 Å². The number of fused-ring (bicyclic) bond motifs is 1. The molecular weight excluding hydrogens is 600 g/mol. The maximum Gasteiger partial charge on any atom is 0.312 e. The van der Waals surface area contributed by atoms with E-state index in [2.05, 4.69) is 29.1 Å². The number of ether oxygens (including phenoxy) is 2. The summed E-state index contributed by atoms with van der Waals surface area (Å²) in [6.07, 6.45) is 4.13. The molecule has 2 amide bonds. The summed E-state index contributed by atoms with van der Waals surface area (Å²) in [4.78, 5) is 45.3. The summed E-state index contributed by atoms with van der Waals surface area (Å²) in [5, 5.41) is 10.9. The van der Waals surface area contributed by atoms with Crippen LogP contribution in [0.3, 0.4) is 0 Å². The minimum atomic E-state index is -1.29. The molecule has 1 N–H and O–H groups in total. The number of amides is 2. The molecule has 3 heterocycles. The number of likely N-dealkylation sites (tertiary alicyclic amines) is 1. The number of aryl methyl sites for hydroxylation is 1. The molecule has 3 saturated heterocycles. The third-order valence-electron chi connectivity index (χ3n) is 8.68. The Kier molecular flexibility index (Phi) is 9.49.